The van der Waals surface area contributed by atoms with Gasteiger partial charge in [0.05, 0.1) is 23.2 Å². The van der Waals surface area contributed by atoms with Crippen molar-refractivity contribution < 1.29 is 19.1 Å². The zero-order chi connectivity index (χ0) is 17.8. The summed E-state index contributed by atoms with van der Waals surface area (Å²) < 4.78 is 10.00. The van der Waals surface area contributed by atoms with Crippen LogP contribution < -0.4 is 5.63 Å². The van der Waals surface area contributed by atoms with Gasteiger partial charge in [0.15, 0.2) is 5.75 Å². The Morgan fingerprint density at radius 2 is 1.84 bits per heavy atom. The zero-order valence-electron chi connectivity index (χ0n) is 13.3. The second kappa shape index (κ2) is 6.96. The summed E-state index contributed by atoms with van der Waals surface area (Å²) in [7, 11) is 0. The SMILES string of the molecule is CCOC(=O)c1ccc(N=Nc2c(O)c3ccccc3oc2=O)cc1. The van der Waals surface area contributed by atoms with E-state index in [4.69, 9.17) is 9.15 Å². The van der Waals surface area contributed by atoms with E-state index in [0.29, 0.717) is 16.6 Å². The highest BCUT2D eigenvalue weighted by Crippen LogP contribution is 2.32. The van der Waals surface area contributed by atoms with Crippen LogP contribution in [0, 0.1) is 0 Å². The summed E-state index contributed by atoms with van der Waals surface area (Å²) in [6, 6.07) is 12.8. The first-order chi connectivity index (χ1) is 12.1. The van der Waals surface area contributed by atoms with Gasteiger partial charge in [-0.25, -0.2) is 9.59 Å². The summed E-state index contributed by atoms with van der Waals surface area (Å²) >= 11 is 0. The molecule has 25 heavy (non-hydrogen) atoms. The van der Waals surface area contributed by atoms with Crippen molar-refractivity contribution in [3.05, 3.63) is 64.5 Å². The number of benzene rings is 2. The van der Waals surface area contributed by atoms with Crippen LogP contribution in [0.5, 0.6) is 5.75 Å². The van der Waals surface area contributed by atoms with E-state index in [1.165, 1.54) is 12.1 Å². The molecule has 126 valence electrons. The number of aromatic hydroxyl groups is 1. The van der Waals surface area contributed by atoms with Crippen molar-refractivity contribution in [3.63, 3.8) is 0 Å². The van der Waals surface area contributed by atoms with Crippen molar-refractivity contribution in [1.82, 2.24) is 0 Å². The Kier molecular flexibility index (Phi) is 4.56. The first kappa shape index (κ1) is 16.4. The van der Waals surface area contributed by atoms with E-state index >= 15 is 0 Å². The van der Waals surface area contributed by atoms with Gasteiger partial charge in [-0.05, 0) is 43.3 Å². The molecule has 0 atom stereocenters. The molecule has 2 aromatic carbocycles. The first-order valence-electron chi connectivity index (χ1n) is 7.54. The lowest BCUT2D eigenvalue weighted by molar-refractivity contribution is 0.0526. The maximum atomic E-state index is 11.9. The van der Waals surface area contributed by atoms with Crippen LogP contribution >= 0.6 is 0 Å². The average Bonchev–Trinajstić information content (AvgIpc) is 2.62. The standard InChI is InChI=1S/C18H14N2O5/c1-2-24-17(22)11-7-9-12(10-8-11)19-20-15-16(21)13-5-3-4-6-14(13)25-18(15)23/h3-10,21H,2H2,1H3. The number of fused-ring (bicyclic) bond motifs is 1. The van der Waals surface area contributed by atoms with Gasteiger partial charge in [-0.3, -0.25) is 0 Å². The number of nitrogens with zero attached hydrogens (tertiary/aromatic N) is 2. The lowest BCUT2D eigenvalue weighted by Gasteiger charge is -2.02. The fourth-order valence-electron chi connectivity index (χ4n) is 2.20. The number of azo groups is 1. The Morgan fingerprint density at radius 3 is 2.56 bits per heavy atom. The summed E-state index contributed by atoms with van der Waals surface area (Å²) in [6.45, 7) is 2.01. The molecule has 0 unspecified atom stereocenters. The molecule has 7 heteroatoms. The molecule has 0 amide bonds. The van der Waals surface area contributed by atoms with Crippen LogP contribution in [0.3, 0.4) is 0 Å². The quantitative estimate of drug-likeness (QED) is 0.438. The van der Waals surface area contributed by atoms with E-state index in [1.54, 1.807) is 43.3 Å². The van der Waals surface area contributed by atoms with Gasteiger partial charge < -0.3 is 14.3 Å². The molecule has 0 saturated heterocycles. The molecule has 0 fully saturated rings. The Balaban J connectivity index is 1.91. The van der Waals surface area contributed by atoms with Gasteiger partial charge in [-0.1, -0.05) is 12.1 Å². The van der Waals surface area contributed by atoms with E-state index in [-0.39, 0.29) is 23.6 Å². The third-order valence-electron chi connectivity index (χ3n) is 3.41. The second-order valence-electron chi connectivity index (χ2n) is 5.05. The third kappa shape index (κ3) is 3.40. The maximum absolute atomic E-state index is 11.9. The largest absolute Gasteiger partial charge is 0.505 e. The highest BCUT2D eigenvalue weighted by Gasteiger charge is 2.13. The minimum absolute atomic E-state index is 0.266. The zero-order valence-corrected chi connectivity index (χ0v) is 13.3. The molecule has 0 aliphatic heterocycles. The Labute approximate surface area is 142 Å². The molecule has 3 aromatic rings. The molecule has 0 aliphatic rings. The molecule has 0 spiro atoms. The van der Waals surface area contributed by atoms with Crippen LogP contribution in [0.1, 0.15) is 17.3 Å². The summed E-state index contributed by atoms with van der Waals surface area (Å²) in [4.78, 5) is 23.5. The number of esters is 1. The molecule has 0 bridgehead atoms. The first-order valence-corrected chi connectivity index (χ1v) is 7.54. The second-order valence-corrected chi connectivity index (χ2v) is 5.05. The fourth-order valence-corrected chi connectivity index (χ4v) is 2.20. The van der Waals surface area contributed by atoms with Gasteiger partial charge in [0, 0.05) is 0 Å². The van der Waals surface area contributed by atoms with Crippen molar-refractivity contribution in [2.75, 3.05) is 6.61 Å². The van der Waals surface area contributed by atoms with E-state index < -0.39 is 11.6 Å². The fraction of sp³-hybridized carbons (Fsp3) is 0.111. The summed E-state index contributed by atoms with van der Waals surface area (Å²) in [5.74, 6) is -0.724. The normalized spacial score (nSPS) is 11.1. The molecule has 7 nitrogen and oxygen atoms in total. The molecular formula is C18H14N2O5. The van der Waals surface area contributed by atoms with Crippen molar-refractivity contribution in [3.8, 4) is 5.75 Å². The minimum Gasteiger partial charge on any atom is -0.505 e. The van der Waals surface area contributed by atoms with Crippen LogP contribution in [0.4, 0.5) is 11.4 Å². The van der Waals surface area contributed by atoms with Gasteiger partial charge in [0.1, 0.15) is 5.58 Å². The van der Waals surface area contributed by atoms with Crippen LogP contribution in [0.25, 0.3) is 11.0 Å². The predicted molar refractivity (Wildman–Crippen MR) is 90.7 cm³/mol. The van der Waals surface area contributed by atoms with Crippen molar-refractivity contribution in [2.45, 2.75) is 6.92 Å². The van der Waals surface area contributed by atoms with Gasteiger partial charge in [0.2, 0.25) is 5.69 Å². The van der Waals surface area contributed by atoms with Gasteiger partial charge in [0.25, 0.3) is 0 Å². The Morgan fingerprint density at radius 1 is 1.12 bits per heavy atom. The van der Waals surface area contributed by atoms with Crippen molar-refractivity contribution >= 4 is 28.3 Å². The molecule has 1 N–H and O–H groups in total. The smallest absolute Gasteiger partial charge is 0.368 e. The maximum Gasteiger partial charge on any atom is 0.368 e. The van der Waals surface area contributed by atoms with E-state index in [1.807, 2.05) is 0 Å². The molecule has 0 radical (unpaired) electrons. The summed E-state index contributed by atoms with van der Waals surface area (Å²) in [6.07, 6.45) is 0. The van der Waals surface area contributed by atoms with Crippen LogP contribution in [0.15, 0.2) is 68.0 Å². The number of carbonyl (C=O) groups is 1. The monoisotopic (exact) mass is 338 g/mol. The molecule has 1 heterocycles. The minimum atomic E-state index is -0.789. The van der Waals surface area contributed by atoms with E-state index in [0.717, 1.165) is 0 Å². The predicted octanol–water partition coefficient (Wildman–Crippen LogP) is 4.09. The third-order valence-corrected chi connectivity index (χ3v) is 3.41. The number of carbonyl (C=O) groups excluding carboxylic acids is 1. The van der Waals surface area contributed by atoms with Crippen LogP contribution in [-0.2, 0) is 4.74 Å². The number of rotatable bonds is 4. The average molecular weight is 338 g/mol. The van der Waals surface area contributed by atoms with E-state index in [2.05, 4.69) is 10.2 Å². The molecule has 0 saturated carbocycles. The molecular weight excluding hydrogens is 324 g/mol. The summed E-state index contributed by atoms with van der Waals surface area (Å²) in [5, 5.41) is 18.3. The lowest BCUT2D eigenvalue weighted by atomic mass is 10.2. The van der Waals surface area contributed by atoms with Crippen molar-refractivity contribution in [2.24, 2.45) is 10.2 Å². The van der Waals surface area contributed by atoms with Gasteiger partial charge in [-0.15, -0.1) is 5.11 Å². The number of para-hydroxylation sites is 1. The number of ether oxygens (including phenoxy) is 1. The number of hydrogen-bond acceptors (Lipinski definition) is 7. The number of hydrogen-bond donors (Lipinski definition) is 1. The van der Waals surface area contributed by atoms with Gasteiger partial charge >= 0.3 is 11.6 Å². The van der Waals surface area contributed by atoms with E-state index in [9.17, 15) is 14.7 Å². The molecule has 3 rings (SSSR count). The van der Waals surface area contributed by atoms with Gasteiger partial charge in [-0.2, -0.15) is 5.11 Å². The van der Waals surface area contributed by atoms with Crippen LogP contribution in [0.2, 0.25) is 0 Å². The van der Waals surface area contributed by atoms with Crippen molar-refractivity contribution in [1.29, 1.82) is 0 Å². The summed E-state index contributed by atoms with van der Waals surface area (Å²) in [5.41, 5.74) is -0.0205. The highest BCUT2D eigenvalue weighted by molar-refractivity contribution is 5.89. The Hall–Kier alpha value is -3.48. The van der Waals surface area contributed by atoms with Crippen LogP contribution in [-0.4, -0.2) is 17.7 Å². The Bertz CT molecular complexity index is 1010. The lowest BCUT2D eigenvalue weighted by Crippen LogP contribution is -2.03. The molecule has 1 aromatic heterocycles. The topological polar surface area (TPSA) is 101 Å². The molecule has 0 aliphatic carbocycles. The highest BCUT2D eigenvalue weighted by atomic mass is 16.5.